The van der Waals surface area contributed by atoms with Gasteiger partial charge in [0.05, 0.1) is 5.56 Å². The van der Waals surface area contributed by atoms with Crippen molar-refractivity contribution in [2.24, 2.45) is 0 Å². The number of rotatable bonds is 1. The third-order valence-electron chi connectivity index (χ3n) is 3.50. The molecule has 0 saturated carbocycles. The summed E-state index contributed by atoms with van der Waals surface area (Å²) in [5.41, 5.74) is 0.603. The second-order valence-electron chi connectivity index (χ2n) is 4.85. The van der Waals surface area contributed by atoms with Crippen molar-refractivity contribution in [1.29, 1.82) is 0 Å². The van der Waals surface area contributed by atoms with E-state index in [1.807, 2.05) is 4.90 Å². The van der Waals surface area contributed by atoms with Crippen LogP contribution in [0.4, 0.5) is 0 Å². The van der Waals surface area contributed by atoms with Crippen molar-refractivity contribution in [1.82, 2.24) is 4.90 Å². The van der Waals surface area contributed by atoms with E-state index in [2.05, 4.69) is 0 Å². The van der Waals surface area contributed by atoms with Crippen LogP contribution in [-0.2, 0) is 4.79 Å². The summed E-state index contributed by atoms with van der Waals surface area (Å²) in [4.78, 5) is 26.2. The van der Waals surface area contributed by atoms with Crippen LogP contribution < -0.4 is 4.74 Å². The highest BCUT2D eigenvalue weighted by atomic mass is 16.5. The first-order valence-corrected chi connectivity index (χ1v) is 6.57. The number of hydrogen-bond donors (Lipinski definition) is 0. The number of benzene rings is 1. The van der Waals surface area contributed by atoms with E-state index in [-0.39, 0.29) is 11.4 Å². The molecule has 0 unspecified atom stereocenters. The van der Waals surface area contributed by atoms with Crippen LogP contribution in [0.25, 0.3) is 0 Å². The maximum absolute atomic E-state index is 12.3. The number of esters is 1. The monoisotopic (exact) mass is 257 g/mol. The summed E-state index contributed by atoms with van der Waals surface area (Å²) >= 11 is 0. The van der Waals surface area contributed by atoms with Gasteiger partial charge in [0.25, 0.3) is 0 Å². The van der Waals surface area contributed by atoms with Crippen LogP contribution in [0.5, 0.6) is 5.75 Å². The van der Waals surface area contributed by atoms with Gasteiger partial charge in [-0.05, 0) is 31.4 Å². The Labute approximate surface area is 111 Å². The Bertz CT molecular complexity index is 556. The van der Waals surface area contributed by atoms with E-state index in [0.717, 1.165) is 25.9 Å². The van der Waals surface area contributed by atoms with E-state index >= 15 is 0 Å². The lowest BCUT2D eigenvalue weighted by atomic mass is 10.00. The van der Waals surface area contributed by atoms with Crippen LogP contribution in [0, 0.1) is 0 Å². The minimum Gasteiger partial charge on any atom is -0.422 e. The Morgan fingerprint density at radius 1 is 1.05 bits per heavy atom. The Morgan fingerprint density at radius 2 is 1.79 bits per heavy atom. The van der Waals surface area contributed by atoms with Crippen LogP contribution in [0.2, 0.25) is 0 Å². The van der Waals surface area contributed by atoms with Crippen molar-refractivity contribution in [3.05, 3.63) is 41.6 Å². The Kier molecular flexibility index (Phi) is 3.07. The van der Waals surface area contributed by atoms with E-state index in [1.165, 1.54) is 6.42 Å². The molecule has 4 heteroatoms. The van der Waals surface area contributed by atoms with Crippen LogP contribution in [0.3, 0.4) is 0 Å². The van der Waals surface area contributed by atoms with Gasteiger partial charge >= 0.3 is 5.97 Å². The van der Waals surface area contributed by atoms with Crippen molar-refractivity contribution < 1.29 is 14.3 Å². The van der Waals surface area contributed by atoms with Crippen molar-refractivity contribution >= 4 is 11.8 Å². The normalized spacial score (nSPS) is 21.3. The minimum atomic E-state index is -0.547. The number of carbonyl (C=O) groups excluding carboxylic acids is 2. The van der Waals surface area contributed by atoms with Gasteiger partial charge in [0, 0.05) is 19.3 Å². The number of fused-ring (bicyclic) bond motifs is 1. The molecule has 1 saturated heterocycles. The molecule has 0 aliphatic carbocycles. The SMILES string of the molecule is O=C1Oc2ccccc2C(=O)/C1=C\N1CCCCC1. The lowest BCUT2D eigenvalue weighted by Crippen LogP contribution is -2.30. The first-order valence-electron chi connectivity index (χ1n) is 6.57. The summed E-state index contributed by atoms with van der Waals surface area (Å²) < 4.78 is 5.20. The molecule has 0 bridgehead atoms. The first kappa shape index (κ1) is 12.0. The molecule has 0 aromatic heterocycles. The number of likely N-dealkylation sites (tertiary alicyclic amines) is 1. The summed E-state index contributed by atoms with van der Waals surface area (Å²) in [6, 6.07) is 6.85. The number of nitrogens with zero attached hydrogens (tertiary/aromatic N) is 1. The number of carbonyl (C=O) groups is 2. The molecular weight excluding hydrogens is 242 g/mol. The Hall–Kier alpha value is -2.10. The van der Waals surface area contributed by atoms with Crippen molar-refractivity contribution in [3.63, 3.8) is 0 Å². The predicted octanol–water partition coefficient (Wildman–Crippen LogP) is 2.16. The zero-order valence-corrected chi connectivity index (χ0v) is 10.6. The van der Waals surface area contributed by atoms with Crippen LogP contribution in [0.1, 0.15) is 29.6 Å². The summed E-state index contributed by atoms with van der Waals surface area (Å²) in [6.07, 6.45) is 5.08. The van der Waals surface area contributed by atoms with Gasteiger partial charge in [0.2, 0.25) is 5.78 Å². The van der Waals surface area contributed by atoms with Gasteiger partial charge in [-0.1, -0.05) is 12.1 Å². The highest BCUT2D eigenvalue weighted by Gasteiger charge is 2.31. The van der Waals surface area contributed by atoms with Gasteiger partial charge in [-0.15, -0.1) is 0 Å². The van der Waals surface area contributed by atoms with Gasteiger partial charge in [-0.25, -0.2) is 4.79 Å². The zero-order chi connectivity index (χ0) is 13.2. The van der Waals surface area contributed by atoms with Crippen molar-refractivity contribution in [3.8, 4) is 5.75 Å². The molecule has 19 heavy (non-hydrogen) atoms. The van der Waals surface area contributed by atoms with Crippen LogP contribution in [-0.4, -0.2) is 29.7 Å². The molecule has 1 aromatic rings. The molecule has 3 rings (SSSR count). The molecule has 0 atom stereocenters. The van der Waals surface area contributed by atoms with Gasteiger partial charge in [0.15, 0.2) is 0 Å². The standard InChI is InChI=1S/C15H15NO3/c17-14-11-6-2-3-7-13(11)19-15(18)12(14)10-16-8-4-1-5-9-16/h2-3,6-7,10H,1,4-5,8-9H2/b12-10+. The van der Waals surface area contributed by atoms with E-state index in [1.54, 1.807) is 30.5 Å². The molecule has 4 nitrogen and oxygen atoms in total. The lowest BCUT2D eigenvalue weighted by molar-refractivity contribution is -0.130. The minimum absolute atomic E-state index is 0.139. The van der Waals surface area contributed by atoms with E-state index < -0.39 is 5.97 Å². The molecule has 0 spiro atoms. The molecule has 2 aliphatic heterocycles. The maximum atomic E-state index is 12.3. The molecule has 0 N–H and O–H groups in total. The summed E-state index contributed by atoms with van der Waals surface area (Å²) in [5, 5.41) is 0. The van der Waals surface area contributed by atoms with Gasteiger partial charge in [0.1, 0.15) is 11.3 Å². The van der Waals surface area contributed by atoms with Crippen molar-refractivity contribution in [2.45, 2.75) is 19.3 Å². The quantitative estimate of drug-likeness (QED) is 0.335. The molecule has 2 heterocycles. The lowest BCUT2D eigenvalue weighted by Gasteiger charge is -2.26. The average Bonchev–Trinajstić information content (AvgIpc) is 2.45. The third kappa shape index (κ3) is 2.26. The van der Waals surface area contributed by atoms with Gasteiger partial charge < -0.3 is 9.64 Å². The van der Waals surface area contributed by atoms with E-state index in [0.29, 0.717) is 11.3 Å². The molecule has 2 aliphatic rings. The maximum Gasteiger partial charge on any atom is 0.349 e. The van der Waals surface area contributed by atoms with Crippen molar-refractivity contribution in [2.75, 3.05) is 13.1 Å². The summed E-state index contributed by atoms with van der Waals surface area (Å²) in [6.45, 7) is 1.79. The van der Waals surface area contributed by atoms with Gasteiger partial charge in [-0.2, -0.15) is 0 Å². The molecule has 98 valence electrons. The summed E-state index contributed by atoms with van der Waals surface area (Å²) in [5.74, 6) is -0.431. The fourth-order valence-corrected chi connectivity index (χ4v) is 2.48. The average molecular weight is 257 g/mol. The first-order chi connectivity index (χ1) is 9.25. The highest BCUT2D eigenvalue weighted by Crippen LogP contribution is 2.27. The second-order valence-corrected chi connectivity index (χ2v) is 4.85. The number of ketones is 1. The molecule has 0 amide bonds. The predicted molar refractivity (Wildman–Crippen MR) is 69.9 cm³/mol. The molecule has 0 radical (unpaired) electrons. The topological polar surface area (TPSA) is 46.6 Å². The number of hydrogen-bond acceptors (Lipinski definition) is 4. The third-order valence-corrected chi connectivity index (χ3v) is 3.50. The fraction of sp³-hybridized carbons (Fsp3) is 0.333. The molecule has 1 fully saturated rings. The highest BCUT2D eigenvalue weighted by molar-refractivity contribution is 6.27. The number of Topliss-reactive ketones (excluding diaryl/α,β-unsaturated/α-hetero) is 1. The second kappa shape index (κ2) is 4.88. The number of piperidine rings is 1. The number of ether oxygens (including phenoxy) is 1. The zero-order valence-electron chi connectivity index (χ0n) is 10.6. The molecule has 1 aromatic carbocycles. The molecular formula is C15H15NO3. The Balaban J connectivity index is 1.92. The van der Waals surface area contributed by atoms with Crippen LogP contribution in [0.15, 0.2) is 36.0 Å². The summed E-state index contributed by atoms with van der Waals surface area (Å²) in [7, 11) is 0. The fourth-order valence-electron chi connectivity index (χ4n) is 2.48. The van der Waals surface area contributed by atoms with E-state index in [9.17, 15) is 9.59 Å². The van der Waals surface area contributed by atoms with E-state index in [4.69, 9.17) is 4.74 Å². The number of para-hydroxylation sites is 1. The smallest absolute Gasteiger partial charge is 0.349 e. The van der Waals surface area contributed by atoms with Gasteiger partial charge in [-0.3, -0.25) is 4.79 Å². The van der Waals surface area contributed by atoms with Crippen LogP contribution >= 0.6 is 0 Å². The Morgan fingerprint density at radius 3 is 2.58 bits per heavy atom. The largest absolute Gasteiger partial charge is 0.422 e.